The topological polar surface area (TPSA) is 60.9 Å². The minimum absolute atomic E-state index is 0. The first-order chi connectivity index (χ1) is 7.44. The van der Waals surface area contributed by atoms with Gasteiger partial charge in [0.05, 0.1) is 0 Å². The maximum absolute atomic E-state index is 10.5. The molecule has 1 N–H and O–H groups in total. The monoisotopic (exact) mass is 287 g/mol. The quantitative estimate of drug-likeness (QED) is 0.803. The Balaban J connectivity index is -0.000000218. The van der Waals surface area contributed by atoms with Gasteiger partial charge in [-0.25, -0.2) is 4.79 Å². The van der Waals surface area contributed by atoms with Gasteiger partial charge < -0.3 is 14.9 Å². The molecule has 0 rings (SSSR count). The van der Waals surface area contributed by atoms with Crippen LogP contribution in [-0.2, 0) is 21.9 Å². The first-order valence-electron chi connectivity index (χ1n) is 5.67. The van der Waals surface area contributed by atoms with E-state index in [9.17, 15) is 9.59 Å². The van der Waals surface area contributed by atoms with Crippen molar-refractivity contribution < 1.29 is 31.8 Å². The Labute approximate surface area is 115 Å². The third-order valence-electron chi connectivity index (χ3n) is 2.24. The molecule has 0 saturated carbocycles. The van der Waals surface area contributed by atoms with Crippen LogP contribution in [0.3, 0.4) is 0 Å². The van der Waals surface area contributed by atoms with Crippen molar-refractivity contribution in [2.75, 3.05) is 26.2 Å². The van der Waals surface area contributed by atoms with Gasteiger partial charge in [0.25, 0.3) is 0 Å². The van der Waals surface area contributed by atoms with Crippen LogP contribution in [0, 0.1) is 0 Å². The molecule has 0 aliphatic carbocycles. The van der Waals surface area contributed by atoms with Crippen molar-refractivity contribution in [1.82, 2.24) is 9.80 Å². The molecule has 1 radical (unpaired) electrons. The van der Waals surface area contributed by atoms with E-state index >= 15 is 0 Å². The number of amides is 2. The average Bonchev–Trinajstić information content (AvgIpc) is 2.21. The summed E-state index contributed by atoms with van der Waals surface area (Å²) in [6, 6.07) is 0. The molecule has 0 aliphatic heterocycles. The molecule has 6 heteroatoms. The summed E-state index contributed by atoms with van der Waals surface area (Å²) in [6.45, 7) is 12.0. The van der Waals surface area contributed by atoms with Crippen LogP contribution in [0.4, 0.5) is 4.79 Å². The summed E-state index contributed by atoms with van der Waals surface area (Å²) in [7, 11) is 0. The van der Waals surface area contributed by atoms with Gasteiger partial charge in [0.15, 0.2) is 0 Å². The van der Waals surface area contributed by atoms with Crippen molar-refractivity contribution in [2.24, 2.45) is 0 Å². The first kappa shape index (κ1) is 21.5. The van der Waals surface area contributed by atoms with Gasteiger partial charge in [-0.15, -0.1) is 0 Å². The number of rotatable bonds is 4. The molecule has 103 valence electrons. The minimum Gasteiger partial charge on any atom is -0.465 e. The molecule has 0 aromatic heterocycles. The summed E-state index contributed by atoms with van der Waals surface area (Å²) in [4.78, 5) is 23.7. The molecule has 2 amide bonds. The fourth-order valence-electron chi connectivity index (χ4n) is 1.16. The van der Waals surface area contributed by atoms with Crippen molar-refractivity contribution in [3.05, 3.63) is 0 Å². The van der Waals surface area contributed by atoms with Gasteiger partial charge in [0, 0.05) is 50.2 Å². The van der Waals surface area contributed by atoms with Crippen LogP contribution in [0.15, 0.2) is 0 Å². The standard InChI is InChI=1S/C6H13NO.C5H11NO2.Mn/c1-4-7(5-2)6(3)8;1-3-6(4-2)5(7)8;/h4-5H2,1-3H3;3-4H2,1-2H3,(H,7,8);. The smallest absolute Gasteiger partial charge is 0.407 e. The molecule has 0 saturated heterocycles. The van der Waals surface area contributed by atoms with E-state index in [-0.39, 0.29) is 23.0 Å². The molecule has 0 unspecified atom stereocenters. The van der Waals surface area contributed by atoms with Crippen LogP contribution >= 0.6 is 0 Å². The second-order valence-electron chi connectivity index (χ2n) is 3.15. The second kappa shape index (κ2) is 13.3. The average molecular weight is 287 g/mol. The van der Waals surface area contributed by atoms with E-state index in [1.807, 2.05) is 27.7 Å². The summed E-state index contributed by atoms with van der Waals surface area (Å²) in [5, 5.41) is 8.30. The molecular formula is C11H24MnN2O3. The van der Waals surface area contributed by atoms with E-state index in [0.29, 0.717) is 13.1 Å². The Morgan fingerprint density at radius 2 is 1.18 bits per heavy atom. The summed E-state index contributed by atoms with van der Waals surface area (Å²) in [5.41, 5.74) is 0. The zero-order chi connectivity index (χ0) is 13.1. The number of carbonyl (C=O) groups is 2. The normalized spacial score (nSPS) is 8.29. The molecule has 0 heterocycles. The summed E-state index contributed by atoms with van der Waals surface area (Å²) < 4.78 is 0. The Morgan fingerprint density at radius 1 is 0.882 bits per heavy atom. The predicted octanol–water partition coefficient (Wildman–Crippen LogP) is 1.88. The van der Waals surface area contributed by atoms with Crippen LogP contribution in [0.2, 0.25) is 0 Å². The molecule has 0 aromatic carbocycles. The fraction of sp³-hybridized carbons (Fsp3) is 0.818. The van der Waals surface area contributed by atoms with Crippen molar-refractivity contribution in [2.45, 2.75) is 34.6 Å². The molecule has 0 atom stereocenters. The van der Waals surface area contributed by atoms with Gasteiger partial charge in [-0.3, -0.25) is 4.79 Å². The van der Waals surface area contributed by atoms with Crippen molar-refractivity contribution >= 4 is 12.0 Å². The van der Waals surface area contributed by atoms with Gasteiger partial charge in [-0.05, 0) is 27.7 Å². The summed E-state index contributed by atoms with van der Waals surface area (Å²) in [6.07, 6.45) is -0.838. The van der Waals surface area contributed by atoms with Crippen LogP contribution in [0.1, 0.15) is 34.6 Å². The number of hydrogen-bond donors (Lipinski definition) is 1. The molecule has 0 spiro atoms. The van der Waals surface area contributed by atoms with Gasteiger partial charge >= 0.3 is 6.09 Å². The fourth-order valence-corrected chi connectivity index (χ4v) is 1.16. The van der Waals surface area contributed by atoms with Gasteiger partial charge in [0.2, 0.25) is 5.91 Å². The molecule has 0 fully saturated rings. The Kier molecular flexibility index (Phi) is 16.9. The van der Waals surface area contributed by atoms with Crippen LogP contribution in [-0.4, -0.2) is 53.1 Å². The van der Waals surface area contributed by atoms with Crippen molar-refractivity contribution in [3.8, 4) is 0 Å². The first-order valence-corrected chi connectivity index (χ1v) is 5.67. The largest absolute Gasteiger partial charge is 0.465 e. The third kappa shape index (κ3) is 11.5. The van der Waals surface area contributed by atoms with E-state index in [2.05, 4.69) is 0 Å². The van der Waals surface area contributed by atoms with Crippen LogP contribution < -0.4 is 0 Å². The predicted molar refractivity (Wildman–Crippen MR) is 64.5 cm³/mol. The molecule has 0 aliphatic rings. The van der Waals surface area contributed by atoms with Crippen LogP contribution in [0.5, 0.6) is 0 Å². The Hall–Kier alpha value is -0.741. The van der Waals surface area contributed by atoms with Crippen molar-refractivity contribution in [1.29, 1.82) is 0 Å². The molecule has 17 heavy (non-hydrogen) atoms. The molecule has 5 nitrogen and oxygen atoms in total. The van der Waals surface area contributed by atoms with Gasteiger partial charge in [0.1, 0.15) is 0 Å². The maximum Gasteiger partial charge on any atom is 0.407 e. The van der Waals surface area contributed by atoms with Gasteiger partial charge in [-0.1, -0.05) is 0 Å². The van der Waals surface area contributed by atoms with Crippen LogP contribution in [0.25, 0.3) is 0 Å². The zero-order valence-corrected chi connectivity index (χ0v) is 12.5. The second-order valence-corrected chi connectivity index (χ2v) is 3.15. The number of carboxylic acid groups (broad SMARTS) is 1. The molecule has 0 aromatic rings. The number of nitrogens with zero attached hydrogens (tertiary/aromatic N) is 2. The summed E-state index contributed by atoms with van der Waals surface area (Å²) in [5.74, 6) is 0.162. The van der Waals surface area contributed by atoms with Gasteiger partial charge in [-0.2, -0.15) is 0 Å². The van der Waals surface area contributed by atoms with E-state index < -0.39 is 6.09 Å². The minimum atomic E-state index is -0.838. The SMILES string of the molecule is CCN(CC)C(=O)O.CCN(CC)C(C)=O.[Mn]. The Bertz CT molecular complexity index is 183. The zero-order valence-electron chi connectivity index (χ0n) is 11.4. The van der Waals surface area contributed by atoms with E-state index in [4.69, 9.17) is 5.11 Å². The molecule has 0 bridgehead atoms. The van der Waals surface area contributed by atoms with E-state index in [0.717, 1.165) is 13.1 Å². The molecular weight excluding hydrogens is 263 g/mol. The van der Waals surface area contributed by atoms with E-state index in [1.165, 1.54) is 4.90 Å². The number of carbonyl (C=O) groups excluding carboxylic acids is 1. The maximum atomic E-state index is 10.5. The van der Waals surface area contributed by atoms with E-state index in [1.54, 1.807) is 11.8 Å². The number of hydrogen-bond acceptors (Lipinski definition) is 2. The Morgan fingerprint density at radius 3 is 1.18 bits per heavy atom. The summed E-state index contributed by atoms with van der Waals surface area (Å²) >= 11 is 0. The van der Waals surface area contributed by atoms with Crippen molar-refractivity contribution in [3.63, 3.8) is 0 Å². The third-order valence-corrected chi connectivity index (χ3v) is 2.24.